The number of hydrogen-bond donors (Lipinski definition) is 2. The van der Waals surface area contributed by atoms with Gasteiger partial charge in [-0.25, -0.2) is 4.98 Å². The minimum absolute atomic E-state index is 0.201. The summed E-state index contributed by atoms with van der Waals surface area (Å²) in [6.07, 6.45) is 5.09. The third kappa shape index (κ3) is 4.17. The summed E-state index contributed by atoms with van der Waals surface area (Å²) in [4.78, 5) is 20.6. The van der Waals surface area contributed by atoms with Gasteiger partial charge in [0.2, 0.25) is 0 Å². The lowest BCUT2D eigenvalue weighted by molar-refractivity contribution is 0.102. The van der Waals surface area contributed by atoms with Crippen molar-refractivity contribution in [2.75, 3.05) is 10.6 Å². The normalized spacial score (nSPS) is 10.2. The lowest BCUT2D eigenvalue weighted by Crippen LogP contribution is -2.13. The van der Waals surface area contributed by atoms with Gasteiger partial charge in [-0.15, -0.1) is 0 Å². The molecule has 0 bridgehead atoms. The second kappa shape index (κ2) is 7.70. The monoisotopic (exact) mass is 382 g/mol. The average Bonchev–Trinajstić information content (AvgIpc) is 2.63. The molecule has 3 aromatic rings. The Balaban J connectivity index is 1.61. The number of carbonyl (C=O) groups is 1. The number of hydrogen-bond acceptors (Lipinski definition) is 4. The minimum Gasteiger partial charge on any atom is -0.366 e. The van der Waals surface area contributed by atoms with Crippen molar-refractivity contribution in [2.24, 2.45) is 0 Å². The lowest BCUT2D eigenvalue weighted by Gasteiger charge is -2.08. The summed E-state index contributed by atoms with van der Waals surface area (Å²) < 4.78 is 0.834. The van der Waals surface area contributed by atoms with E-state index in [0.717, 1.165) is 15.7 Å². The maximum Gasteiger partial charge on any atom is 0.257 e. The summed E-state index contributed by atoms with van der Waals surface area (Å²) >= 11 is 3.41. The molecular weight excluding hydrogens is 368 g/mol. The van der Waals surface area contributed by atoms with Crippen LogP contribution in [-0.4, -0.2) is 15.9 Å². The molecule has 0 aliphatic carbocycles. The fraction of sp³-hybridized carbons (Fsp3) is 0.0556. The summed E-state index contributed by atoms with van der Waals surface area (Å²) in [6, 6.07) is 14.9. The molecule has 0 atom stereocenters. The fourth-order valence-electron chi connectivity index (χ4n) is 2.09. The molecule has 0 aliphatic rings. The first-order valence-electron chi connectivity index (χ1n) is 7.37. The van der Waals surface area contributed by atoms with Crippen molar-refractivity contribution in [1.29, 1.82) is 0 Å². The van der Waals surface area contributed by atoms with E-state index < -0.39 is 0 Å². The highest BCUT2D eigenvalue weighted by molar-refractivity contribution is 9.10. The van der Waals surface area contributed by atoms with Crippen LogP contribution in [0.3, 0.4) is 0 Å². The smallest absolute Gasteiger partial charge is 0.257 e. The molecule has 6 heteroatoms. The van der Waals surface area contributed by atoms with Crippen molar-refractivity contribution in [3.63, 3.8) is 0 Å². The van der Waals surface area contributed by atoms with Gasteiger partial charge in [-0.05, 0) is 51.8 Å². The van der Waals surface area contributed by atoms with Crippen molar-refractivity contribution in [3.8, 4) is 0 Å². The van der Waals surface area contributed by atoms with Crippen LogP contribution in [0.1, 0.15) is 15.9 Å². The van der Waals surface area contributed by atoms with Crippen LogP contribution in [0.2, 0.25) is 0 Å². The first-order chi connectivity index (χ1) is 11.7. The number of carbonyl (C=O) groups excluding carboxylic acids is 1. The fourth-order valence-corrected chi connectivity index (χ4v) is 2.47. The van der Waals surface area contributed by atoms with Crippen molar-refractivity contribution in [1.82, 2.24) is 9.97 Å². The Morgan fingerprint density at radius 3 is 2.62 bits per heavy atom. The van der Waals surface area contributed by atoms with Crippen LogP contribution >= 0.6 is 15.9 Å². The summed E-state index contributed by atoms with van der Waals surface area (Å²) in [5.41, 5.74) is 2.29. The molecule has 0 fully saturated rings. The van der Waals surface area contributed by atoms with Crippen molar-refractivity contribution in [3.05, 3.63) is 82.7 Å². The molecule has 2 N–H and O–H groups in total. The highest BCUT2D eigenvalue weighted by Crippen LogP contribution is 2.21. The molecular formula is C18H15BrN4O. The Kier molecular flexibility index (Phi) is 5.18. The molecule has 5 nitrogen and oxygen atoms in total. The van der Waals surface area contributed by atoms with Gasteiger partial charge in [0.25, 0.3) is 5.91 Å². The number of nitrogens with zero attached hydrogens (tertiary/aromatic N) is 2. The molecule has 3 rings (SSSR count). The number of amides is 1. The second-order valence-corrected chi connectivity index (χ2v) is 5.94. The van der Waals surface area contributed by atoms with E-state index in [2.05, 4.69) is 36.5 Å². The number of halogens is 1. The molecule has 0 saturated heterocycles. The van der Waals surface area contributed by atoms with Crippen LogP contribution in [0.25, 0.3) is 0 Å². The third-order valence-electron chi connectivity index (χ3n) is 3.34. The zero-order valence-corrected chi connectivity index (χ0v) is 14.3. The molecule has 1 amide bonds. The van der Waals surface area contributed by atoms with Gasteiger partial charge in [-0.1, -0.05) is 18.2 Å². The van der Waals surface area contributed by atoms with Crippen LogP contribution < -0.4 is 10.6 Å². The van der Waals surface area contributed by atoms with E-state index in [0.29, 0.717) is 17.9 Å². The van der Waals surface area contributed by atoms with Crippen molar-refractivity contribution in [2.45, 2.75) is 6.54 Å². The molecule has 0 radical (unpaired) electrons. The molecule has 2 heterocycles. The SMILES string of the molecule is O=C(Nc1ccccc1Br)c1ccc(NCc2cccnc2)nc1. The van der Waals surface area contributed by atoms with E-state index in [-0.39, 0.29) is 5.91 Å². The van der Waals surface area contributed by atoms with E-state index in [1.54, 1.807) is 30.7 Å². The minimum atomic E-state index is -0.201. The molecule has 2 aromatic heterocycles. The highest BCUT2D eigenvalue weighted by atomic mass is 79.9. The summed E-state index contributed by atoms with van der Waals surface area (Å²) in [6.45, 7) is 0.628. The Labute approximate surface area is 148 Å². The lowest BCUT2D eigenvalue weighted by atomic mass is 10.2. The Bertz CT molecular complexity index is 822. The number of rotatable bonds is 5. The highest BCUT2D eigenvalue weighted by Gasteiger charge is 2.08. The second-order valence-electron chi connectivity index (χ2n) is 5.08. The molecule has 0 aliphatic heterocycles. The molecule has 24 heavy (non-hydrogen) atoms. The van der Waals surface area contributed by atoms with Gasteiger partial charge in [0.05, 0.1) is 11.3 Å². The number of pyridine rings is 2. The van der Waals surface area contributed by atoms with Crippen LogP contribution in [0.5, 0.6) is 0 Å². The molecule has 1 aromatic carbocycles. The van der Waals surface area contributed by atoms with Gasteiger partial charge < -0.3 is 10.6 Å². The summed E-state index contributed by atoms with van der Waals surface area (Å²) in [7, 11) is 0. The number of aromatic nitrogens is 2. The molecule has 0 unspecified atom stereocenters. The van der Waals surface area contributed by atoms with Crippen LogP contribution in [0.15, 0.2) is 71.6 Å². The van der Waals surface area contributed by atoms with Crippen molar-refractivity contribution < 1.29 is 4.79 Å². The Morgan fingerprint density at radius 1 is 1.04 bits per heavy atom. The summed E-state index contributed by atoms with van der Waals surface area (Å²) in [5, 5.41) is 6.04. The van der Waals surface area contributed by atoms with Gasteiger partial charge in [0.1, 0.15) is 5.82 Å². The third-order valence-corrected chi connectivity index (χ3v) is 4.04. The van der Waals surface area contributed by atoms with Crippen LogP contribution in [0, 0.1) is 0 Å². The van der Waals surface area contributed by atoms with E-state index in [1.165, 1.54) is 0 Å². The first kappa shape index (κ1) is 16.1. The quantitative estimate of drug-likeness (QED) is 0.696. The average molecular weight is 383 g/mol. The van der Waals surface area contributed by atoms with E-state index >= 15 is 0 Å². The standard InChI is InChI=1S/C18H15BrN4O/c19-15-5-1-2-6-16(15)23-18(24)14-7-8-17(22-12-14)21-11-13-4-3-9-20-10-13/h1-10,12H,11H2,(H,21,22)(H,23,24). The predicted molar refractivity (Wildman–Crippen MR) is 97.9 cm³/mol. The number of anilines is 2. The largest absolute Gasteiger partial charge is 0.366 e. The molecule has 0 saturated carbocycles. The first-order valence-corrected chi connectivity index (χ1v) is 8.16. The number of para-hydroxylation sites is 1. The van der Waals surface area contributed by atoms with Gasteiger partial charge >= 0.3 is 0 Å². The van der Waals surface area contributed by atoms with Crippen molar-refractivity contribution >= 4 is 33.3 Å². The number of benzene rings is 1. The van der Waals surface area contributed by atoms with Crippen LogP contribution in [-0.2, 0) is 6.54 Å². The predicted octanol–water partition coefficient (Wildman–Crippen LogP) is 4.10. The van der Waals surface area contributed by atoms with Crippen LogP contribution in [0.4, 0.5) is 11.5 Å². The Morgan fingerprint density at radius 2 is 1.92 bits per heavy atom. The van der Waals surface area contributed by atoms with E-state index in [4.69, 9.17) is 0 Å². The molecule has 0 spiro atoms. The van der Waals surface area contributed by atoms with Gasteiger partial charge in [-0.3, -0.25) is 9.78 Å². The topological polar surface area (TPSA) is 66.9 Å². The van der Waals surface area contributed by atoms with Gasteiger partial charge in [0.15, 0.2) is 0 Å². The zero-order chi connectivity index (χ0) is 16.8. The van der Waals surface area contributed by atoms with E-state index in [9.17, 15) is 4.79 Å². The maximum absolute atomic E-state index is 12.3. The zero-order valence-electron chi connectivity index (χ0n) is 12.7. The van der Waals surface area contributed by atoms with Gasteiger partial charge in [-0.2, -0.15) is 0 Å². The van der Waals surface area contributed by atoms with Gasteiger partial charge in [0, 0.05) is 29.6 Å². The maximum atomic E-state index is 12.3. The number of nitrogens with one attached hydrogen (secondary N) is 2. The molecule has 120 valence electrons. The van der Waals surface area contributed by atoms with E-state index in [1.807, 2.05) is 36.4 Å². The Hall–Kier alpha value is -2.73. The summed E-state index contributed by atoms with van der Waals surface area (Å²) in [5.74, 6) is 0.504.